The second-order valence-electron chi connectivity index (χ2n) is 4.45. The zero-order valence-electron chi connectivity index (χ0n) is 10.5. The van der Waals surface area contributed by atoms with Gasteiger partial charge in [0.2, 0.25) is 0 Å². The highest BCUT2D eigenvalue weighted by Gasteiger charge is 2.15. The van der Waals surface area contributed by atoms with Crippen molar-refractivity contribution in [2.75, 3.05) is 6.26 Å². The van der Waals surface area contributed by atoms with Gasteiger partial charge in [-0.2, -0.15) is 0 Å². The topological polar surface area (TPSA) is 54.4 Å². The lowest BCUT2D eigenvalue weighted by Crippen LogP contribution is -2.04. The monoisotopic (exact) mass is 298 g/mol. The summed E-state index contributed by atoms with van der Waals surface area (Å²) in [6.45, 7) is 0. The highest BCUT2D eigenvalue weighted by atomic mass is 32.2. The van der Waals surface area contributed by atoms with Crippen LogP contribution in [0.4, 0.5) is 8.78 Å². The molecular formula is C14H12F2O3S. The fourth-order valence-electron chi connectivity index (χ4n) is 1.84. The van der Waals surface area contributed by atoms with E-state index in [1.54, 1.807) is 0 Å². The molecule has 106 valence electrons. The molecule has 0 spiro atoms. The summed E-state index contributed by atoms with van der Waals surface area (Å²) >= 11 is 0. The molecule has 3 nitrogen and oxygen atoms in total. The fraction of sp³-hybridized carbons (Fsp3) is 0.143. The Morgan fingerprint density at radius 2 is 1.60 bits per heavy atom. The van der Waals surface area contributed by atoms with Gasteiger partial charge >= 0.3 is 0 Å². The molecule has 2 aromatic rings. The Balaban J connectivity index is 2.45. The second kappa shape index (κ2) is 5.30. The van der Waals surface area contributed by atoms with E-state index in [0.29, 0.717) is 6.07 Å². The van der Waals surface area contributed by atoms with Crippen molar-refractivity contribution in [1.29, 1.82) is 0 Å². The lowest BCUT2D eigenvalue weighted by molar-refractivity contribution is 0.219. The van der Waals surface area contributed by atoms with Crippen molar-refractivity contribution in [1.82, 2.24) is 0 Å². The fourth-order valence-corrected chi connectivity index (χ4v) is 2.52. The third-order valence-electron chi connectivity index (χ3n) is 2.80. The lowest BCUT2D eigenvalue weighted by Gasteiger charge is -2.12. The smallest absolute Gasteiger partial charge is 0.175 e. The van der Waals surface area contributed by atoms with Crippen molar-refractivity contribution in [2.24, 2.45) is 0 Å². The molecule has 0 bridgehead atoms. The second-order valence-corrected chi connectivity index (χ2v) is 6.47. The van der Waals surface area contributed by atoms with Crippen LogP contribution in [0.3, 0.4) is 0 Å². The van der Waals surface area contributed by atoms with Crippen LogP contribution in [-0.2, 0) is 9.84 Å². The van der Waals surface area contributed by atoms with Crippen molar-refractivity contribution >= 4 is 9.84 Å². The van der Waals surface area contributed by atoms with Gasteiger partial charge in [-0.15, -0.1) is 0 Å². The van der Waals surface area contributed by atoms with Gasteiger partial charge in [0.15, 0.2) is 9.84 Å². The Kier molecular flexibility index (Phi) is 3.87. The van der Waals surface area contributed by atoms with Gasteiger partial charge in [-0.3, -0.25) is 0 Å². The minimum Gasteiger partial charge on any atom is -0.384 e. The van der Waals surface area contributed by atoms with Gasteiger partial charge < -0.3 is 5.11 Å². The molecule has 0 aliphatic carbocycles. The molecule has 2 aromatic carbocycles. The number of benzene rings is 2. The van der Waals surface area contributed by atoms with Gasteiger partial charge in [-0.05, 0) is 35.4 Å². The minimum atomic E-state index is -3.42. The third-order valence-corrected chi connectivity index (χ3v) is 3.91. The molecule has 1 unspecified atom stereocenters. The average molecular weight is 298 g/mol. The van der Waals surface area contributed by atoms with E-state index in [9.17, 15) is 22.3 Å². The first-order chi connectivity index (χ1) is 9.27. The molecular weight excluding hydrogens is 286 g/mol. The Hall–Kier alpha value is -1.79. The van der Waals surface area contributed by atoms with Crippen molar-refractivity contribution < 1.29 is 22.3 Å². The van der Waals surface area contributed by atoms with Crippen LogP contribution in [0, 0.1) is 11.6 Å². The molecule has 0 aliphatic heterocycles. The van der Waals surface area contributed by atoms with Gasteiger partial charge in [0.05, 0.1) is 4.90 Å². The number of hydrogen-bond donors (Lipinski definition) is 1. The lowest BCUT2D eigenvalue weighted by atomic mass is 10.0. The molecule has 0 saturated carbocycles. The predicted molar refractivity (Wildman–Crippen MR) is 70.0 cm³/mol. The first-order valence-electron chi connectivity index (χ1n) is 5.71. The summed E-state index contributed by atoms with van der Waals surface area (Å²) in [5.74, 6) is -1.61. The van der Waals surface area contributed by atoms with Gasteiger partial charge in [0.1, 0.15) is 17.7 Å². The zero-order valence-corrected chi connectivity index (χ0v) is 11.4. The molecule has 0 amide bonds. The molecule has 0 heterocycles. The Morgan fingerprint density at radius 1 is 1.00 bits per heavy atom. The van der Waals surface area contributed by atoms with Gasteiger partial charge in [0.25, 0.3) is 0 Å². The summed E-state index contributed by atoms with van der Waals surface area (Å²) in [5, 5.41) is 10.1. The van der Waals surface area contributed by atoms with Crippen molar-refractivity contribution in [2.45, 2.75) is 11.0 Å². The van der Waals surface area contributed by atoms with E-state index in [4.69, 9.17) is 0 Å². The van der Waals surface area contributed by atoms with Crippen LogP contribution in [0.25, 0.3) is 0 Å². The normalized spacial score (nSPS) is 13.2. The molecule has 0 aromatic heterocycles. The molecule has 1 N–H and O–H groups in total. The maximum absolute atomic E-state index is 13.1. The molecule has 0 aliphatic rings. The highest BCUT2D eigenvalue weighted by Crippen LogP contribution is 2.25. The van der Waals surface area contributed by atoms with Crippen molar-refractivity contribution in [3.05, 3.63) is 65.2 Å². The van der Waals surface area contributed by atoms with Gasteiger partial charge in [0, 0.05) is 12.3 Å². The van der Waals surface area contributed by atoms with E-state index in [2.05, 4.69) is 0 Å². The first-order valence-corrected chi connectivity index (χ1v) is 7.60. The Morgan fingerprint density at radius 3 is 2.15 bits per heavy atom. The van der Waals surface area contributed by atoms with E-state index in [1.807, 2.05) is 0 Å². The number of sulfone groups is 1. The van der Waals surface area contributed by atoms with Crippen molar-refractivity contribution in [3.8, 4) is 0 Å². The SMILES string of the molecule is CS(=O)(=O)c1cccc(C(O)c2cc(F)cc(F)c2)c1. The van der Waals surface area contributed by atoms with Crippen LogP contribution in [-0.4, -0.2) is 19.8 Å². The number of hydrogen-bond acceptors (Lipinski definition) is 3. The Labute approximate surface area is 115 Å². The molecule has 6 heteroatoms. The summed E-state index contributed by atoms with van der Waals surface area (Å²) in [5.41, 5.74) is 0.270. The maximum Gasteiger partial charge on any atom is 0.175 e. The summed E-state index contributed by atoms with van der Waals surface area (Å²) in [4.78, 5) is 0.0333. The average Bonchev–Trinajstić information content (AvgIpc) is 2.36. The van der Waals surface area contributed by atoms with E-state index < -0.39 is 27.6 Å². The van der Waals surface area contributed by atoms with Crippen LogP contribution in [0.15, 0.2) is 47.4 Å². The maximum atomic E-state index is 13.1. The first kappa shape index (κ1) is 14.6. The summed E-state index contributed by atoms with van der Waals surface area (Å²) in [7, 11) is -3.42. The van der Waals surface area contributed by atoms with Gasteiger partial charge in [-0.25, -0.2) is 17.2 Å². The molecule has 0 saturated heterocycles. The number of rotatable bonds is 3. The molecule has 0 fully saturated rings. The summed E-state index contributed by atoms with van der Waals surface area (Å²) in [6, 6.07) is 8.32. The number of halogens is 2. The highest BCUT2D eigenvalue weighted by molar-refractivity contribution is 7.90. The van der Waals surface area contributed by atoms with E-state index >= 15 is 0 Å². The molecule has 1 atom stereocenters. The molecule has 0 radical (unpaired) electrons. The van der Waals surface area contributed by atoms with Crippen LogP contribution in [0.1, 0.15) is 17.2 Å². The summed E-state index contributed by atoms with van der Waals surface area (Å²) < 4.78 is 49.2. The molecule has 20 heavy (non-hydrogen) atoms. The Bertz CT molecular complexity index is 722. The minimum absolute atomic E-state index is 0.0214. The van der Waals surface area contributed by atoms with Crippen LogP contribution < -0.4 is 0 Å². The zero-order chi connectivity index (χ0) is 14.9. The third kappa shape index (κ3) is 3.20. The quantitative estimate of drug-likeness (QED) is 0.947. The van der Waals surface area contributed by atoms with Crippen LogP contribution >= 0.6 is 0 Å². The standard InChI is InChI=1S/C14H12F2O3S/c1-20(18,19)13-4-2-3-9(7-13)14(17)10-5-11(15)8-12(16)6-10/h2-8,14,17H,1H3. The van der Waals surface area contributed by atoms with E-state index in [-0.39, 0.29) is 16.0 Å². The van der Waals surface area contributed by atoms with Crippen molar-refractivity contribution in [3.63, 3.8) is 0 Å². The van der Waals surface area contributed by atoms with E-state index in [1.165, 1.54) is 24.3 Å². The predicted octanol–water partition coefficient (Wildman–Crippen LogP) is 2.45. The van der Waals surface area contributed by atoms with E-state index in [0.717, 1.165) is 18.4 Å². The van der Waals surface area contributed by atoms with Gasteiger partial charge in [-0.1, -0.05) is 12.1 Å². The number of aliphatic hydroxyl groups excluding tert-OH is 1. The largest absolute Gasteiger partial charge is 0.384 e. The summed E-state index contributed by atoms with van der Waals surface area (Å²) in [6.07, 6.45) is -0.262. The van der Waals surface area contributed by atoms with Crippen LogP contribution in [0.2, 0.25) is 0 Å². The van der Waals surface area contributed by atoms with Crippen LogP contribution in [0.5, 0.6) is 0 Å². The number of aliphatic hydroxyl groups is 1. The molecule has 2 rings (SSSR count).